The summed E-state index contributed by atoms with van der Waals surface area (Å²) in [5.41, 5.74) is 0. The molecule has 0 nitrogen and oxygen atoms in total. The molecular formula is C18H30. The van der Waals surface area contributed by atoms with Crippen LogP contribution in [0.2, 0.25) is 0 Å². The molecule has 0 fully saturated rings. The van der Waals surface area contributed by atoms with Crippen molar-refractivity contribution in [1.82, 2.24) is 0 Å². The SMILES string of the molecule is [CH2]C/C=C\C/C=C\C/C=C\CCCCCCC[CH2]. The lowest BCUT2D eigenvalue weighted by Gasteiger charge is -1.97. The van der Waals surface area contributed by atoms with Crippen molar-refractivity contribution in [3.8, 4) is 0 Å². The van der Waals surface area contributed by atoms with E-state index in [1.807, 2.05) is 0 Å². The Morgan fingerprint density at radius 1 is 0.556 bits per heavy atom. The average molecular weight is 246 g/mol. The van der Waals surface area contributed by atoms with Crippen molar-refractivity contribution < 1.29 is 0 Å². The highest BCUT2D eigenvalue weighted by Crippen LogP contribution is 2.07. The van der Waals surface area contributed by atoms with Crippen LogP contribution in [-0.4, -0.2) is 0 Å². The average Bonchev–Trinajstić information content (AvgIpc) is 2.39. The molecule has 0 bridgehead atoms. The molecule has 0 aliphatic carbocycles. The standard InChI is InChI=1S/C18H30/c1-3-5-7-9-11-13-15-17-18-16-14-12-10-8-6-4-2/h5,7,11,13,17-18H,1-4,6,8-10,12,14-16H2/b7-5-,13-11-,18-17-. The predicted octanol–water partition coefficient (Wildman–Crippen LogP) is 6.22. The third-order valence-corrected chi connectivity index (χ3v) is 2.83. The summed E-state index contributed by atoms with van der Waals surface area (Å²) in [5, 5.41) is 0. The van der Waals surface area contributed by atoms with E-state index in [1.54, 1.807) is 0 Å². The Bertz CT molecular complexity index is 220. The van der Waals surface area contributed by atoms with Crippen molar-refractivity contribution in [3.63, 3.8) is 0 Å². The van der Waals surface area contributed by atoms with Gasteiger partial charge in [-0.25, -0.2) is 0 Å². The molecule has 0 heteroatoms. The highest BCUT2D eigenvalue weighted by molar-refractivity contribution is 4.97. The van der Waals surface area contributed by atoms with E-state index in [9.17, 15) is 0 Å². The highest BCUT2D eigenvalue weighted by Gasteiger charge is 1.87. The second-order valence-electron chi connectivity index (χ2n) is 4.58. The summed E-state index contributed by atoms with van der Waals surface area (Å²) in [7, 11) is 0. The van der Waals surface area contributed by atoms with Gasteiger partial charge >= 0.3 is 0 Å². The van der Waals surface area contributed by atoms with Gasteiger partial charge in [0.15, 0.2) is 0 Å². The first-order chi connectivity index (χ1) is 8.91. The van der Waals surface area contributed by atoms with E-state index in [2.05, 4.69) is 50.3 Å². The van der Waals surface area contributed by atoms with Gasteiger partial charge in [0.05, 0.1) is 0 Å². The number of rotatable bonds is 12. The minimum atomic E-state index is 0.891. The highest BCUT2D eigenvalue weighted by atomic mass is 13.9. The molecule has 0 aromatic carbocycles. The van der Waals surface area contributed by atoms with Crippen molar-refractivity contribution in [3.05, 3.63) is 50.3 Å². The van der Waals surface area contributed by atoms with Crippen LogP contribution in [0, 0.1) is 13.8 Å². The maximum absolute atomic E-state index is 3.86. The van der Waals surface area contributed by atoms with Gasteiger partial charge in [-0.05, 0) is 39.0 Å². The number of hydrogen-bond donors (Lipinski definition) is 0. The van der Waals surface area contributed by atoms with E-state index in [-0.39, 0.29) is 0 Å². The molecule has 0 aromatic rings. The molecule has 0 saturated carbocycles. The lowest BCUT2D eigenvalue weighted by atomic mass is 10.1. The van der Waals surface area contributed by atoms with Gasteiger partial charge in [-0.15, -0.1) is 0 Å². The predicted molar refractivity (Wildman–Crippen MR) is 84.3 cm³/mol. The Morgan fingerprint density at radius 3 is 1.78 bits per heavy atom. The normalized spacial score (nSPS) is 12.3. The van der Waals surface area contributed by atoms with Crippen molar-refractivity contribution in [1.29, 1.82) is 0 Å². The second-order valence-corrected chi connectivity index (χ2v) is 4.58. The Morgan fingerprint density at radius 2 is 1.11 bits per heavy atom. The van der Waals surface area contributed by atoms with Gasteiger partial charge < -0.3 is 0 Å². The monoisotopic (exact) mass is 246 g/mol. The first kappa shape index (κ1) is 17.2. The molecule has 0 aliphatic rings. The topological polar surface area (TPSA) is 0 Å². The fourth-order valence-corrected chi connectivity index (χ4v) is 1.75. The van der Waals surface area contributed by atoms with Gasteiger partial charge in [0.1, 0.15) is 0 Å². The molecule has 18 heavy (non-hydrogen) atoms. The number of hydrogen-bond acceptors (Lipinski definition) is 0. The largest absolute Gasteiger partial charge is 0.0882 e. The van der Waals surface area contributed by atoms with E-state index >= 15 is 0 Å². The summed E-state index contributed by atoms with van der Waals surface area (Å²) >= 11 is 0. The number of unbranched alkanes of at least 4 members (excludes halogenated alkanes) is 6. The van der Waals surface area contributed by atoms with E-state index in [0.29, 0.717) is 0 Å². The molecule has 0 aromatic heterocycles. The molecule has 0 heterocycles. The van der Waals surface area contributed by atoms with Crippen LogP contribution in [0.1, 0.15) is 64.2 Å². The first-order valence-corrected chi connectivity index (χ1v) is 7.45. The van der Waals surface area contributed by atoms with Crippen LogP contribution in [0.3, 0.4) is 0 Å². The smallest absolute Gasteiger partial charge is 0.0169 e. The van der Waals surface area contributed by atoms with Gasteiger partial charge in [-0.2, -0.15) is 0 Å². The van der Waals surface area contributed by atoms with E-state index < -0.39 is 0 Å². The molecule has 0 amide bonds. The van der Waals surface area contributed by atoms with Crippen LogP contribution in [0.5, 0.6) is 0 Å². The van der Waals surface area contributed by atoms with Gasteiger partial charge in [0.25, 0.3) is 0 Å². The molecule has 0 unspecified atom stereocenters. The molecule has 0 N–H and O–H groups in total. The fourth-order valence-electron chi connectivity index (χ4n) is 1.75. The number of allylic oxidation sites excluding steroid dienone is 6. The second kappa shape index (κ2) is 16.2. The first-order valence-electron chi connectivity index (χ1n) is 7.45. The Kier molecular flexibility index (Phi) is 15.5. The molecular weight excluding hydrogens is 216 g/mol. The summed E-state index contributed by atoms with van der Waals surface area (Å²) in [6.45, 7) is 7.62. The van der Waals surface area contributed by atoms with Crippen molar-refractivity contribution in [2.75, 3.05) is 0 Å². The molecule has 0 spiro atoms. The zero-order valence-corrected chi connectivity index (χ0v) is 11.9. The quantitative estimate of drug-likeness (QED) is 0.283. The van der Waals surface area contributed by atoms with Crippen LogP contribution in [-0.2, 0) is 0 Å². The van der Waals surface area contributed by atoms with Crippen LogP contribution >= 0.6 is 0 Å². The molecule has 0 atom stereocenters. The molecule has 0 saturated heterocycles. The Hall–Kier alpha value is -0.780. The van der Waals surface area contributed by atoms with Crippen molar-refractivity contribution >= 4 is 0 Å². The summed E-state index contributed by atoms with van der Waals surface area (Å²) in [6, 6.07) is 0. The lowest BCUT2D eigenvalue weighted by molar-refractivity contribution is 0.621. The molecule has 102 valence electrons. The third kappa shape index (κ3) is 15.2. The fraction of sp³-hybridized carbons (Fsp3) is 0.556. The molecule has 0 aliphatic heterocycles. The van der Waals surface area contributed by atoms with E-state index in [4.69, 9.17) is 0 Å². The van der Waals surface area contributed by atoms with Crippen LogP contribution in [0.15, 0.2) is 36.5 Å². The third-order valence-electron chi connectivity index (χ3n) is 2.83. The van der Waals surface area contributed by atoms with Crippen LogP contribution < -0.4 is 0 Å². The lowest BCUT2D eigenvalue weighted by Crippen LogP contribution is -1.77. The minimum absolute atomic E-state index is 0.891. The van der Waals surface area contributed by atoms with Crippen molar-refractivity contribution in [2.24, 2.45) is 0 Å². The zero-order chi connectivity index (χ0) is 13.3. The van der Waals surface area contributed by atoms with E-state index in [1.165, 1.54) is 38.5 Å². The summed E-state index contributed by atoms with van der Waals surface area (Å²) in [5.74, 6) is 0. The van der Waals surface area contributed by atoms with Gasteiger partial charge in [0, 0.05) is 0 Å². The Labute approximate surface area is 115 Å². The van der Waals surface area contributed by atoms with Crippen LogP contribution in [0.4, 0.5) is 0 Å². The zero-order valence-electron chi connectivity index (χ0n) is 11.9. The molecule has 0 rings (SSSR count). The van der Waals surface area contributed by atoms with Gasteiger partial charge in [0.2, 0.25) is 0 Å². The summed E-state index contributed by atoms with van der Waals surface area (Å²) in [4.78, 5) is 0. The Balaban J connectivity index is 3.20. The minimum Gasteiger partial charge on any atom is -0.0882 e. The van der Waals surface area contributed by atoms with Crippen molar-refractivity contribution in [2.45, 2.75) is 64.2 Å². The van der Waals surface area contributed by atoms with E-state index in [0.717, 1.165) is 25.7 Å². The summed E-state index contributed by atoms with van der Waals surface area (Å²) in [6.07, 6.45) is 25.4. The molecule has 2 radical (unpaired) electrons. The van der Waals surface area contributed by atoms with Crippen LogP contribution in [0.25, 0.3) is 0 Å². The maximum atomic E-state index is 3.86. The van der Waals surface area contributed by atoms with Gasteiger partial charge in [-0.1, -0.05) is 75.5 Å². The van der Waals surface area contributed by atoms with Gasteiger partial charge in [-0.3, -0.25) is 0 Å². The summed E-state index contributed by atoms with van der Waals surface area (Å²) < 4.78 is 0. The maximum Gasteiger partial charge on any atom is -0.0169 e.